The first-order valence-corrected chi connectivity index (χ1v) is 7.87. The fourth-order valence-corrected chi connectivity index (χ4v) is 3.01. The third-order valence-electron chi connectivity index (χ3n) is 4.46. The Labute approximate surface area is 137 Å². The number of rotatable bonds is 3. The molecule has 23 heavy (non-hydrogen) atoms. The maximum absolute atomic E-state index is 12.7. The van der Waals surface area contributed by atoms with Gasteiger partial charge in [-0.05, 0) is 36.9 Å². The number of likely N-dealkylation sites (N-methyl/N-ethyl adjacent to an activating group) is 1. The van der Waals surface area contributed by atoms with Crippen molar-refractivity contribution in [1.82, 2.24) is 9.80 Å². The first-order chi connectivity index (χ1) is 11.2. The third kappa shape index (κ3) is 3.37. The molecule has 1 heterocycles. The van der Waals surface area contributed by atoms with Crippen LogP contribution in [0.2, 0.25) is 0 Å². The van der Waals surface area contributed by atoms with Crippen LogP contribution in [0.4, 0.5) is 0 Å². The van der Waals surface area contributed by atoms with Crippen molar-refractivity contribution in [3.05, 3.63) is 65.7 Å². The molecule has 0 radical (unpaired) electrons. The van der Waals surface area contributed by atoms with E-state index in [9.17, 15) is 4.79 Å². The van der Waals surface area contributed by atoms with Crippen molar-refractivity contribution in [2.24, 2.45) is 0 Å². The fourth-order valence-electron chi connectivity index (χ4n) is 3.01. The second kappa shape index (κ2) is 6.84. The number of ether oxygens (including phenoxy) is 1. The average Bonchev–Trinajstić information content (AvgIpc) is 2.62. The van der Waals surface area contributed by atoms with Crippen LogP contribution in [0.5, 0.6) is 5.75 Å². The highest BCUT2D eigenvalue weighted by molar-refractivity contribution is 5.94. The van der Waals surface area contributed by atoms with E-state index in [4.69, 9.17) is 4.74 Å². The number of hydrogen-bond donors (Lipinski definition) is 0. The molecular formula is C19H22N2O2. The van der Waals surface area contributed by atoms with Crippen LogP contribution in [0.3, 0.4) is 0 Å². The lowest BCUT2D eigenvalue weighted by atomic mass is 10.0. The van der Waals surface area contributed by atoms with Gasteiger partial charge in [-0.3, -0.25) is 9.69 Å². The molecule has 1 amide bonds. The Morgan fingerprint density at radius 3 is 2.39 bits per heavy atom. The van der Waals surface area contributed by atoms with Crippen LogP contribution in [0.1, 0.15) is 22.0 Å². The van der Waals surface area contributed by atoms with Gasteiger partial charge in [0.2, 0.25) is 0 Å². The minimum absolute atomic E-state index is 0.0849. The number of amides is 1. The van der Waals surface area contributed by atoms with Gasteiger partial charge >= 0.3 is 0 Å². The smallest absolute Gasteiger partial charge is 0.253 e. The van der Waals surface area contributed by atoms with Gasteiger partial charge in [0.15, 0.2) is 0 Å². The standard InChI is InChI=1S/C19H22N2O2/c1-20-12-13-21(14-18(20)15-6-4-3-5-7-15)19(22)16-8-10-17(23-2)11-9-16/h3-11,18H,12-14H2,1-2H3. The Morgan fingerprint density at radius 2 is 1.74 bits per heavy atom. The summed E-state index contributed by atoms with van der Waals surface area (Å²) in [4.78, 5) is 17.0. The van der Waals surface area contributed by atoms with Crippen LogP contribution in [-0.2, 0) is 0 Å². The number of nitrogens with zero attached hydrogens (tertiary/aromatic N) is 2. The van der Waals surface area contributed by atoms with E-state index >= 15 is 0 Å². The van der Waals surface area contributed by atoms with Gasteiger partial charge in [0, 0.05) is 25.2 Å². The Morgan fingerprint density at radius 1 is 1.04 bits per heavy atom. The third-order valence-corrected chi connectivity index (χ3v) is 4.46. The largest absolute Gasteiger partial charge is 0.497 e. The zero-order chi connectivity index (χ0) is 16.2. The van der Waals surface area contributed by atoms with Gasteiger partial charge in [-0.15, -0.1) is 0 Å². The second-order valence-electron chi connectivity index (χ2n) is 5.89. The van der Waals surface area contributed by atoms with Crippen molar-refractivity contribution in [2.45, 2.75) is 6.04 Å². The highest BCUT2D eigenvalue weighted by Gasteiger charge is 2.28. The quantitative estimate of drug-likeness (QED) is 0.874. The summed E-state index contributed by atoms with van der Waals surface area (Å²) in [5.41, 5.74) is 1.96. The Bertz CT molecular complexity index is 655. The van der Waals surface area contributed by atoms with Gasteiger partial charge in [-0.25, -0.2) is 0 Å². The summed E-state index contributed by atoms with van der Waals surface area (Å²) in [5, 5.41) is 0. The maximum Gasteiger partial charge on any atom is 0.253 e. The summed E-state index contributed by atoms with van der Waals surface area (Å²) >= 11 is 0. The zero-order valence-electron chi connectivity index (χ0n) is 13.6. The SMILES string of the molecule is COc1ccc(C(=O)N2CCN(C)C(c3ccccc3)C2)cc1. The van der Waals surface area contributed by atoms with Crippen LogP contribution in [0.25, 0.3) is 0 Å². The van der Waals surface area contributed by atoms with Crippen LogP contribution in [0.15, 0.2) is 54.6 Å². The normalized spacial score (nSPS) is 18.7. The highest BCUT2D eigenvalue weighted by atomic mass is 16.5. The predicted molar refractivity (Wildman–Crippen MR) is 90.7 cm³/mol. The lowest BCUT2D eigenvalue weighted by Crippen LogP contribution is -2.49. The van der Waals surface area contributed by atoms with Crippen molar-refractivity contribution in [3.8, 4) is 5.75 Å². The molecule has 1 atom stereocenters. The molecule has 1 fully saturated rings. The topological polar surface area (TPSA) is 32.8 Å². The van der Waals surface area contributed by atoms with Gasteiger partial charge in [0.1, 0.15) is 5.75 Å². The molecule has 1 aliphatic rings. The molecule has 4 heteroatoms. The molecule has 2 aromatic carbocycles. The van der Waals surface area contributed by atoms with Crippen molar-refractivity contribution >= 4 is 5.91 Å². The maximum atomic E-state index is 12.7. The van der Waals surface area contributed by atoms with Crippen LogP contribution >= 0.6 is 0 Å². The van der Waals surface area contributed by atoms with Crippen LogP contribution < -0.4 is 4.74 Å². The molecule has 1 saturated heterocycles. The molecule has 2 aromatic rings. The summed E-state index contributed by atoms with van der Waals surface area (Å²) in [5.74, 6) is 0.851. The monoisotopic (exact) mass is 310 g/mol. The number of piperazine rings is 1. The van der Waals surface area contributed by atoms with Crippen LogP contribution in [-0.4, -0.2) is 49.5 Å². The summed E-state index contributed by atoms with van der Waals surface area (Å²) in [6, 6.07) is 17.9. The van der Waals surface area contributed by atoms with Crippen molar-refractivity contribution in [1.29, 1.82) is 0 Å². The van der Waals surface area contributed by atoms with E-state index in [0.29, 0.717) is 12.1 Å². The molecule has 120 valence electrons. The number of carbonyl (C=O) groups excluding carboxylic acids is 1. The zero-order valence-corrected chi connectivity index (χ0v) is 13.6. The first kappa shape index (κ1) is 15.6. The summed E-state index contributed by atoms with van der Waals surface area (Å²) in [6.07, 6.45) is 0. The van der Waals surface area contributed by atoms with E-state index in [0.717, 1.165) is 18.8 Å². The van der Waals surface area contributed by atoms with E-state index < -0.39 is 0 Å². The Hall–Kier alpha value is -2.33. The molecule has 0 aliphatic carbocycles. The van der Waals surface area contributed by atoms with Crippen molar-refractivity contribution in [3.63, 3.8) is 0 Å². The van der Waals surface area contributed by atoms with Crippen molar-refractivity contribution < 1.29 is 9.53 Å². The van der Waals surface area contributed by atoms with E-state index in [1.54, 1.807) is 7.11 Å². The van der Waals surface area contributed by atoms with Gasteiger partial charge < -0.3 is 9.64 Å². The number of hydrogen-bond acceptors (Lipinski definition) is 3. The molecule has 0 N–H and O–H groups in total. The molecule has 3 rings (SSSR count). The van der Waals surface area contributed by atoms with E-state index in [-0.39, 0.29) is 11.9 Å². The second-order valence-corrected chi connectivity index (χ2v) is 5.89. The lowest BCUT2D eigenvalue weighted by molar-refractivity contribution is 0.0546. The van der Waals surface area contributed by atoms with Crippen LogP contribution in [0, 0.1) is 0 Å². The molecule has 0 aromatic heterocycles. The average molecular weight is 310 g/mol. The van der Waals surface area contributed by atoms with Gasteiger partial charge in [0.25, 0.3) is 5.91 Å². The first-order valence-electron chi connectivity index (χ1n) is 7.87. The Balaban J connectivity index is 1.76. The summed E-state index contributed by atoms with van der Waals surface area (Å²) in [7, 11) is 3.74. The summed E-state index contributed by atoms with van der Waals surface area (Å²) < 4.78 is 5.15. The minimum Gasteiger partial charge on any atom is -0.497 e. The summed E-state index contributed by atoms with van der Waals surface area (Å²) in [6.45, 7) is 2.34. The molecule has 0 bridgehead atoms. The Kier molecular flexibility index (Phi) is 4.63. The molecule has 1 aliphatic heterocycles. The van der Waals surface area contributed by atoms with E-state index in [1.807, 2.05) is 47.4 Å². The van der Waals surface area contributed by atoms with Gasteiger partial charge in [-0.1, -0.05) is 30.3 Å². The molecule has 0 saturated carbocycles. The highest BCUT2D eigenvalue weighted by Crippen LogP contribution is 2.25. The molecule has 0 spiro atoms. The number of benzene rings is 2. The van der Waals surface area contributed by atoms with Gasteiger partial charge in [-0.2, -0.15) is 0 Å². The van der Waals surface area contributed by atoms with Gasteiger partial charge in [0.05, 0.1) is 13.2 Å². The number of methoxy groups -OCH3 is 1. The molecular weight excluding hydrogens is 288 g/mol. The fraction of sp³-hybridized carbons (Fsp3) is 0.316. The number of carbonyl (C=O) groups is 1. The minimum atomic E-state index is 0.0849. The lowest BCUT2D eigenvalue weighted by Gasteiger charge is -2.39. The molecule has 4 nitrogen and oxygen atoms in total. The van der Waals surface area contributed by atoms with Crippen molar-refractivity contribution in [2.75, 3.05) is 33.8 Å². The predicted octanol–water partition coefficient (Wildman–Crippen LogP) is 2.82. The molecule has 1 unspecified atom stereocenters. The van der Waals surface area contributed by atoms with E-state index in [1.165, 1.54) is 5.56 Å². The van der Waals surface area contributed by atoms with E-state index in [2.05, 4.69) is 24.1 Å².